The second kappa shape index (κ2) is 7.38. The van der Waals surface area contributed by atoms with Gasteiger partial charge in [-0.05, 0) is 41.7 Å². The molecule has 0 unspecified atom stereocenters. The Morgan fingerprint density at radius 3 is 2.70 bits per heavy atom. The number of halogens is 1. The van der Waals surface area contributed by atoms with Crippen molar-refractivity contribution >= 4 is 5.91 Å². The van der Waals surface area contributed by atoms with Gasteiger partial charge in [0, 0.05) is 19.2 Å². The number of benzene rings is 2. The van der Waals surface area contributed by atoms with Gasteiger partial charge in [-0.25, -0.2) is 4.39 Å². The van der Waals surface area contributed by atoms with Gasteiger partial charge in [-0.2, -0.15) is 0 Å². The summed E-state index contributed by atoms with van der Waals surface area (Å²) in [5.74, 6) is -0.598. The van der Waals surface area contributed by atoms with Crippen molar-refractivity contribution in [3.63, 3.8) is 0 Å². The number of aliphatic hydroxyl groups excluding tert-OH is 1. The highest BCUT2D eigenvalue weighted by Gasteiger charge is 2.41. The molecular weight excluding hydrogens is 347 g/mol. The summed E-state index contributed by atoms with van der Waals surface area (Å²) in [6.45, 7) is 0.847. The van der Waals surface area contributed by atoms with Crippen molar-refractivity contribution in [1.29, 1.82) is 0 Å². The molecule has 2 heterocycles. The van der Waals surface area contributed by atoms with E-state index in [1.54, 1.807) is 17.0 Å². The van der Waals surface area contributed by atoms with Gasteiger partial charge in [-0.3, -0.25) is 4.79 Å². The topological polar surface area (TPSA) is 75.8 Å². The highest BCUT2D eigenvalue weighted by atomic mass is 19.1. The third-order valence-electron chi connectivity index (χ3n) is 5.49. The normalized spacial score (nSPS) is 27.9. The predicted octanol–water partition coefficient (Wildman–Crippen LogP) is 1.78. The number of rotatable bonds is 2. The lowest BCUT2D eigenvalue weighted by molar-refractivity contribution is -0.161. The molecule has 0 radical (unpaired) electrons. The van der Waals surface area contributed by atoms with Gasteiger partial charge in [0.25, 0.3) is 5.91 Å². The van der Waals surface area contributed by atoms with Crippen LogP contribution < -0.4 is 5.73 Å². The summed E-state index contributed by atoms with van der Waals surface area (Å²) < 4.78 is 19.0. The van der Waals surface area contributed by atoms with Crippen LogP contribution in [0, 0.1) is 5.82 Å². The first-order valence-electron chi connectivity index (χ1n) is 9.25. The zero-order valence-electron chi connectivity index (χ0n) is 14.9. The van der Waals surface area contributed by atoms with Crippen molar-refractivity contribution in [3.8, 4) is 0 Å². The van der Waals surface area contributed by atoms with E-state index in [-0.39, 0.29) is 17.8 Å². The van der Waals surface area contributed by atoms with Gasteiger partial charge >= 0.3 is 0 Å². The molecule has 1 fully saturated rings. The Morgan fingerprint density at radius 1 is 1.19 bits per heavy atom. The number of nitrogens with zero attached hydrogens (tertiary/aromatic N) is 1. The number of hydrogen-bond donors (Lipinski definition) is 2. The number of hydrogen-bond acceptors (Lipinski definition) is 4. The minimum Gasteiger partial charge on any atom is -0.388 e. The minimum atomic E-state index is -1.03. The number of amides is 1. The van der Waals surface area contributed by atoms with Gasteiger partial charge in [0.15, 0.2) is 6.10 Å². The molecule has 0 bridgehead atoms. The maximum absolute atomic E-state index is 13.4. The van der Waals surface area contributed by atoms with Crippen LogP contribution in [0.2, 0.25) is 0 Å². The molecule has 0 aromatic heterocycles. The fourth-order valence-electron chi connectivity index (χ4n) is 4.01. The first-order valence-corrected chi connectivity index (χ1v) is 9.25. The summed E-state index contributed by atoms with van der Waals surface area (Å²) >= 11 is 0. The van der Waals surface area contributed by atoms with E-state index in [2.05, 4.69) is 6.07 Å². The van der Waals surface area contributed by atoms with Crippen molar-refractivity contribution < 1.29 is 19.0 Å². The number of nitrogens with two attached hydrogens (primary N) is 1. The summed E-state index contributed by atoms with van der Waals surface area (Å²) in [6.07, 6.45) is -0.761. The summed E-state index contributed by atoms with van der Waals surface area (Å²) in [5, 5.41) is 10.4. The Labute approximate surface area is 157 Å². The van der Waals surface area contributed by atoms with Crippen LogP contribution in [0.3, 0.4) is 0 Å². The maximum atomic E-state index is 13.4. The van der Waals surface area contributed by atoms with Crippen molar-refractivity contribution in [2.75, 3.05) is 13.2 Å². The summed E-state index contributed by atoms with van der Waals surface area (Å²) in [7, 11) is 0. The number of fused-ring (bicyclic) bond motifs is 1. The van der Waals surface area contributed by atoms with Crippen LogP contribution in [0.25, 0.3) is 0 Å². The number of aliphatic hydroxyl groups is 1. The molecule has 5 nitrogen and oxygen atoms in total. The van der Waals surface area contributed by atoms with Gasteiger partial charge in [-0.15, -0.1) is 0 Å². The molecule has 3 N–H and O–H groups in total. The van der Waals surface area contributed by atoms with Gasteiger partial charge in [0.05, 0.1) is 6.04 Å². The zero-order chi connectivity index (χ0) is 19.0. The molecule has 0 spiro atoms. The minimum absolute atomic E-state index is 0.276. The van der Waals surface area contributed by atoms with Crippen LogP contribution in [0.1, 0.15) is 29.2 Å². The lowest BCUT2D eigenvalue weighted by Crippen LogP contribution is -2.57. The van der Waals surface area contributed by atoms with E-state index >= 15 is 0 Å². The van der Waals surface area contributed by atoms with E-state index in [0.717, 1.165) is 16.7 Å². The number of ether oxygens (including phenoxy) is 1. The van der Waals surface area contributed by atoms with Gasteiger partial charge in [0.1, 0.15) is 11.9 Å². The van der Waals surface area contributed by atoms with Crippen LogP contribution in [-0.2, 0) is 16.0 Å². The van der Waals surface area contributed by atoms with Crippen LogP contribution in [0.15, 0.2) is 48.5 Å². The van der Waals surface area contributed by atoms with E-state index in [1.165, 1.54) is 12.1 Å². The second-order valence-electron chi connectivity index (χ2n) is 7.17. The van der Waals surface area contributed by atoms with Crippen molar-refractivity contribution in [3.05, 3.63) is 71.0 Å². The lowest BCUT2D eigenvalue weighted by Gasteiger charge is -2.41. The first-order chi connectivity index (χ1) is 13.1. The number of carbonyl (C=O) groups excluding carboxylic acids is 1. The molecular formula is C21H23FN2O3. The highest BCUT2D eigenvalue weighted by molar-refractivity contribution is 5.83. The monoisotopic (exact) mass is 370 g/mol. The largest absolute Gasteiger partial charge is 0.388 e. The Kier molecular flexibility index (Phi) is 4.95. The van der Waals surface area contributed by atoms with Crippen LogP contribution >= 0.6 is 0 Å². The highest BCUT2D eigenvalue weighted by Crippen LogP contribution is 2.36. The predicted molar refractivity (Wildman–Crippen MR) is 98.4 cm³/mol. The standard InChI is InChI=1S/C21H23FN2O3/c22-15-7-5-14(6-8-15)18-16-4-2-1-3-13(16)9-11-24(18)21(26)20-19(25)17(23)10-12-27-20/h1-8,17-20,25H,9-12,23H2/t17-,18+,19+,20-/m1/s1. The van der Waals surface area contributed by atoms with Crippen molar-refractivity contribution in [2.45, 2.75) is 37.1 Å². The summed E-state index contributed by atoms with van der Waals surface area (Å²) in [6, 6.07) is 13.3. The fraction of sp³-hybridized carbons (Fsp3) is 0.381. The summed E-state index contributed by atoms with van der Waals surface area (Å²) in [4.78, 5) is 15.0. The average Bonchev–Trinajstić information content (AvgIpc) is 2.69. The molecule has 4 rings (SSSR count). The summed E-state index contributed by atoms with van der Waals surface area (Å²) in [5.41, 5.74) is 8.93. The van der Waals surface area contributed by atoms with E-state index in [4.69, 9.17) is 10.5 Å². The molecule has 27 heavy (non-hydrogen) atoms. The average molecular weight is 370 g/mol. The molecule has 4 atom stereocenters. The molecule has 0 saturated carbocycles. The van der Waals surface area contributed by atoms with Gasteiger partial charge < -0.3 is 20.5 Å². The van der Waals surface area contributed by atoms with E-state index in [0.29, 0.717) is 26.0 Å². The molecule has 2 aliphatic rings. The SMILES string of the molecule is N[C@@H]1CCO[C@@H](C(=O)N2CCc3ccccc3[C@@H]2c2ccc(F)cc2)[C@H]1O. The molecule has 2 aromatic rings. The second-order valence-corrected chi connectivity index (χ2v) is 7.17. The zero-order valence-corrected chi connectivity index (χ0v) is 14.9. The smallest absolute Gasteiger partial charge is 0.255 e. The first kappa shape index (κ1) is 18.1. The van der Waals surface area contributed by atoms with Crippen molar-refractivity contribution in [2.24, 2.45) is 5.73 Å². The van der Waals surface area contributed by atoms with Crippen LogP contribution in [-0.4, -0.2) is 47.3 Å². The number of carbonyl (C=O) groups is 1. The third-order valence-corrected chi connectivity index (χ3v) is 5.49. The quantitative estimate of drug-likeness (QED) is 0.845. The Hall–Kier alpha value is -2.28. The Morgan fingerprint density at radius 2 is 1.93 bits per heavy atom. The molecule has 2 aliphatic heterocycles. The Balaban J connectivity index is 1.72. The Bertz CT molecular complexity index is 826. The van der Waals surface area contributed by atoms with E-state index in [1.807, 2.05) is 18.2 Å². The van der Waals surface area contributed by atoms with Crippen LogP contribution in [0.5, 0.6) is 0 Å². The van der Waals surface area contributed by atoms with E-state index in [9.17, 15) is 14.3 Å². The molecule has 6 heteroatoms. The molecule has 1 amide bonds. The van der Waals surface area contributed by atoms with Crippen molar-refractivity contribution in [1.82, 2.24) is 4.90 Å². The molecule has 0 aliphatic carbocycles. The maximum Gasteiger partial charge on any atom is 0.255 e. The fourth-order valence-corrected chi connectivity index (χ4v) is 4.01. The molecule has 2 aromatic carbocycles. The molecule has 1 saturated heterocycles. The molecule has 142 valence electrons. The van der Waals surface area contributed by atoms with Gasteiger partial charge in [-0.1, -0.05) is 36.4 Å². The lowest BCUT2D eigenvalue weighted by atomic mass is 9.87. The van der Waals surface area contributed by atoms with Crippen LogP contribution in [0.4, 0.5) is 4.39 Å². The van der Waals surface area contributed by atoms with Gasteiger partial charge in [0.2, 0.25) is 0 Å². The third kappa shape index (κ3) is 3.36. The van der Waals surface area contributed by atoms with E-state index < -0.39 is 18.2 Å².